The summed E-state index contributed by atoms with van der Waals surface area (Å²) in [5, 5.41) is 2.72. The van der Waals surface area contributed by atoms with Crippen LogP contribution in [0.1, 0.15) is 49.5 Å². The number of Topliss-reactive ketones (excluding diaryl/α,β-unsaturated/α-hetero) is 1. The highest BCUT2D eigenvalue weighted by atomic mass is 16.2. The van der Waals surface area contributed by atoms with E-state index in [4.69, 9.17) is 6.42 Å². The highest BCUT2D eigenvalue weighted by molar-refractivity contribution is 5.98. The van der Waals surface area contributed by atoms with Crippen molar-refractivity contribution in [1.29, 1.82) is 0 Å². The zero-order chi connectivity index (χ0) is 19.1. The van der Waals surface area contributed by atoms with E-state index >= 15 is 0 Å². The molecule has 1 heterocycles. The third-order valence-electron chi connectivity index (χ3n) is 5.07. The summed E-state index contributed by atoms with van der Waals surface area (Å²) in [4.78, 5) is 26.9. The zero-order valence-electron chi connectivity index (χ0n) is 16.1. The molecule has 0 radical (unpaired) electrons. The number of piperidine rings is 1. The summed E-state index contributed by atoms with van der Waals surface area (Å²) in [6.07, 6.45) is 7.80. The Labute approximate surface area is 157 Å². The summed E-state index contributed by atoms with van der Waals surface area (Å²) >= 11 is 0. The molecule has 140 valence electrons. The van der Waals surface area contributed by atoms with Crippen LogP contribution in [-0.4, -0.2) is 42.3 Å². The zero-order valence-corrected chi connectivity index (χ0v) is 16.1. The Bertz CT molecular complexity index is 650. The number of nitrogens with zero attached hydrogens (tertiary/aromatic N) is 1. The van der Waals surface area contributed by atoms with Gasteiger partial charge in [0.25, 0.3) is 0 Å². The van der Waals surface area contributed by atoms with Crippen LogP contribution in [0.4, 0.5) is 0 Å². The normalized spacial score (nSPS) is 16.9. The van der Waals surface area contributed by atoms with Crippen molar-refractivity contribution in [3.8, 4) is 12.3 Å². The van der Waals surface area contributed by atoms with E-state index in [0.29, 0.717) is 5.92 Å². The van der Waals surface area contributed by atoms with Gasteiger partial charge in [-0.3, -0.25) is 14.5 Å². The number of ketones is 1. The van der Waals surface area contributed by atoms with Gasteiger partial charge in [-0.1, -0.05) is 44.0 Å². The molecule has 1 atom stereocenters. The molecule has 26 heavy (non-hydrogen) atoms. The summed E-state index contributed by atoms with van der Waals surface area (Å²) in [6, 6.07) is 7.85. The Morgan fingerprint density at radius 3 is 2.35 bits per heavy atom. The number of nitrogens with one attached hydrogen (secondary N) is 1. The number of terminal acetylenes is 1. The third kappa shape index (κ3) is 5.44. The largest absolute Gasteiger partial charge is 0.344 e. The van der Waals surface area contributed by atoms with Gasteiger partial charge in [0.15, 0.2) is 5.78 Å². The van der Waals surface area contributed by atoms with Gasteiger partial charge in [-0.25, -0.2) is 0 Å². The number of carbonyl (C=O) groups is 2. The lowest BCUT2D eigenvalue weighted by Gasteiger charge is -2.34. The average Bonchev–Trinajstić information content (AvgIpc) is 2.65. The maximum atomic E-state index is 12.8. The Balaban J connectivity index is 1.88. The van der Waals surface area contributed by atoms with Crippen LogP contribution in [0.5, 0.6) is 0 Å². The second-order valence-electron chi connectivity index (χ2n) is 7.57. The second-order valence-corrected chi connectivity index (χ2v) is 7.57. The van der Waals surface area contributed by atoms with Crippen molar-refractivity contribution in [3.63, 3.8) is 0 Å². The lowest BCUT2D eigenvalue weighted by molar-refractivity contribution is -0.126. The van der Waals surface area contributed by atoms with Gasteiger partial charge >= 0.3 is 0 Å². The maximum Gasteiger partial charge on any atom is 0.237 e. The molecule has 1 N–H and O–H groups in total. The van der Waals surface area contributed by atoms with E-state index in [1.807, 2.05) is 19.1 Å². The van der Waals surface area contributed by atoms with Crippen molar-refractivity contribution in [3.05, 3.63) is 35.4 Å². The second kappa shape index (κ2) is 9.54. The SMILES string of the molecule is C#CCNC(=O)[C@@H](C)N1CCC(C(=O)c2ccc(CC(C)C)cc2)CC1. The van der Waals surface area contributed by atoms with Crippen molar-refractivity contribution >= 4 is 11.7 Å². The molecule has 1 saturated heterocycles. The first-order chi connectivity index (χ1) is 12.4. The number of hydrogen-bond acceptors (Lipinski definition) is 3. The summed E-state index contributed by atoms with van der Waals surface area (Å²) in [5.41, 5.74) is 2.08. The summed E-state index contributed by atoms with van der Waals surface area (Å²) < 4.78 is 0. The molecule has 0 saturated carbocycles. The highest BCUT2D eigenvalue weighted by Gasteiger charge is 2.30. The summed E-state index contributed by atoms with van der Waals surface area (Å²) in [7, 11) is 0. The van der Waals surface area contributed by atoms with Crippen LogP contribution in [0.15, 0.2) is 24.3 Å². The molecule has 2 rings (SSSR count). The van der Waals surface area contributed by atoms with Gasteiger partial charge in [-0.2, -0.15) is 0 Å². The minimum absolute atomic E-state index is 0.0446. The van der Waals surface area contributed by atoms with E-state index in [-0.39, 0.29) is 30.2 Å². The van der Waals surface area contributed by atoms with Crippen LogP contribution in [0, 0.1) is 24.2 Å². The van der Waals surface area contributed by atoms with E-state index in [0.717, 1.165) is 37.9 Å². The molecule has 4 heteroatoms. The van der Waals surface area contributed by atoms with Gasteiger partial charge in [-0.15, -0.1) is 6.42 Å². The number of hydrogen-bond donors (Lipinski definition) is 1. The number of amides is 1. The van der Waals surface area contributed by atoms with Gasteiger partial charge < -0.3 is 5.32 Å². The molecule has 1 aliphatic heterocycles. The van der Waals surface area contributed by atoms with Crippen LogP contribution in [0.25, 0.3) is 0 Å². The molecule has 0 spiro atoms. The molecule has 1 amide bonds. The highest BCUT2D eigenvalue weighted by Crippen LogP contribution is 2.23. The molecule has 0 bridgehead atoms. The fourth-order valence-electron chi connectivity index (χ4n) is 3.51. The van der Waals surface area contributed by atoms with Crippen LogP contribution >= 0.6 is 0 Å². The number of carbonyl (C=O) groups excluding carboxylic acids is 2. The summed E-state index contributed by atoms with van der Waals surface area (Å²) in [5.74, 6) is 3.25. The van der Waals surface area contributed by atoms with Crippen molar-refractivity contribution in [2.75, 3.05) is 19.6 Å². The Morgan fingerprint density at radius 1 is 1.19 bits per heavy atom. The molecule has 0 unspecified atom stereocenters. The smallest absolute Gasteiger partial charge is 0.237 e. The number of benzene rings is 1. The van der Waals surface area contributed by atoms with Crippen molar-refractivity contribution in [2.45, 2.75) is 46.1 Å². The molecule has 1 aromatic rings. The van der Waals surface area contributed by atoms with E-state index in [1.165, 1.54) is 5.56 Å². The van der Waals surface area contributed by atoms with E-state index in [9.17, 15) is 9.59 Å². The van der Waals surface area contributed by atoms with Crippen molar-refractivity contribution in [2.24, 2.45) is 11.8 Å². The van der Waals surface area contributed by atoms with Crippen LogP contribution in [0.2, 0.25) is 0 Å². The first-order valence-electron chi connectivity index (χ1n) is 9.50. The van der Waals surface area contributed by atoms with Gasteiger partial charge in [0.2, 0.25) is 5.91 Å². The minimum Gasteiger partial charge on any atom is -0.344 e. The van der Waals surface area contributed by atoms with Crippen molar-refractivity contribution in [1.82, 2.24) is 10.2 Å². The Hall–Kier alpha value is -2.12. The van der Waals surface area contributed by atoms with E-state index in [1.54, 1.807) is 0 Å². The molecule has 0 aliphatic carbocycles. The Kier molecular flexibility index (Phi) is 7.41. The van der Waals surface area contributed by atoms with Crippen LogP contribution in [0.3, 0.4) is 0 Å². The molecule has 1 fully saturated rings. The lowest BCUT2D eigenvalue weighted by atomic mass is 9.88. The lowest BCUT2D eigenvalue weighted by Crippen LogP contribution is -2.49. The monoisotopic (exact) mass is 354 g/mol. The first kappa shape index (κ1) is 20.2. The fraction of sp³-hybridized carbons (Fsp3) is 0.545. The molecule has 4 nitrogen and oxygen atoms in total. The first-order valence-corrected chi connectivity index (χ1v) is 9.50. The average molecular weight is 354 g/mol. The molecular weight excluding hydrogens is 324 g/mol. The van der Waals surface area contributed by atoms with Gasteiger partial charge in [0, 0.05) is 11.5 Å². The third-order valence-corrected chi connectivity index (χ3v) is 5.07. The number of likely N-dealkylation sites (tertiary alicyclic amines) is 1. The van der Waals surface area contributed by atoms with Gasteiger partial charge in [0.05, 0.1) is 12.6 Å². The molecule has 0 aromatic heterocycles. The van der Waals surface area contributed by atoms with Gasteiger partial charge in [0.1, 0.15) is 0 Å². The maximum absolute atomic E-state index is 12.8. The predicted octanol–water partition coefficient (Wildman–Crippen LogP) is 2.92. The van der Waals surface area contributed by atoms with Crippen molar-refractivity contribution < 1.29 is 9.59 Å². The summed E-state index contributed by atoms with van der Waals surface area (Å²) in [6.45, 7) is 8.05. The van der Waals surface area contributed by atoms with E-state index in [2.05, 4.69) is 42.1 Å². The predicted molar refractivity (Wildman–Crippen MR) is 105 cm³/mol. The fourth-order valence-corrected chi connectivity index (χ4v) is 3.51. The van der Waals surface area contributed by atoms with Crippen LogP contribution < -0.4 is 5.32 Å². The minimum atomic E-state index is -0.213. The molecule has 1 aliphatic rings. The molecule has 1 aromatic carbocycles. The van der Waals surface area contributed by atoms with Crippen LogP contribution in [-0.2, 0) is 11.2 Å². The quantitative estimate of drug-likeness (QED) is 0.605. The number of rotatable bonds is 7. The molecular formula is C22H30N2O2. The topological polar surface area (TPSA) is 49.4 Å². The van der Waals surface area contributed by atoms with E-state index < -0.39 is 0 Å². The standard InChI is InChI=1S/C22H30N2O2/c1-5-12-23-22(26)17(4)24-13-10-20(11-14-24)21(25)19-8-6-18(7-9-19)15-16(2)3/h1,6-9,16-17,20H,10-15H2,2-4H3,(H,23,26)/t17-/m1/s1. The Morgan fingerprint density at radius 2 is 1.81 bits per heavy atom. The van der Waals surface area contributed by atoms with Gasteiger partial charge in [-0.05, 0) is 50.8 Å².